The summed E-state index contributed by atoms with van der Waals surface area (Å²) in [4.78, 5) is 0. The molecule has 0 fully saturated rings. The molecule has 6 rings (SSSR count). The van der Waals surface area contributed by atoms with Crippen molar-refractivity contribution in [2.45, 2.75) is 0 Å². The molecule has 6 aromatic carbocycles. The number of benzene rings is 6. The van der Waals surface area contributed by atoms with E-state index < -0.39 is 179 Å². The fourth-order valence-corrected chi connectivity index (χ4v) is 5.09. The van der Waals surface area contributed by atoms with Crippen LogP contribution in [0.4, 0.5) is 92.2 Å². The van der Waals surface area contributed by atoms with E-state index in [4.69, 9.17) is 0 Å². The first-order chi connectivity index (χ1) is 25.6. The van der Waals surface area contributed by atoms with Crippen LogP contribution in [-0.4, -0.2) is 7.32 Å². The molecule has 0 bridgehead atoms. The molecule has 0 heterocycles. The minimum absolute atomic E-state index is 2.36. The Kier molecular flexibility index (Phi) is 9.27. The summed E-state index contributed by atoms with van der Waals surface area (Å²) in [6.07, 6.45) is 0. The third kappa shape index (κ3) is 5.36. The first-order valence-electron chi connectivity index (χ1n) is 13.5. The summed E-state index contributed by atoms with van der Waals surface area (Å²) in [6, 6.07) is 0. The molecule has 0 atom stereocenters. The molecule has 0 aliphatic heterocycles. The number of rotatable bonds is 6. The second-order valence-electron chi connectivity index (χ2n) is 10.5. The van der Waals surface area contributed by atoms with Crippen LogP contribution in [0.5, 0.6) is 17.2 Å². The van der Waals surface area contributed by atoms with E-state index in [1.165, 1.54) is 0 Å². The maximum atomic E-state index is 15.8. The fourth-order valence-electron chi connectivity index (χ4n) is 5.09. The molecule has 0 aliphatic carbocycles. The van der Waals surface area contributed by atoms with Gasteiger partial charge in [-0.1, -0.05) is 0 Å². The number of hydrogen-bond donors (Lipinski definition) is 0. The predicted octanol–water partition coefficient (Wildman–Crippen LogP) is 10.6. The average Bonchev–Trinajstić information content (AvgIpc) is 3.15. The zero-order valence-corrected chi connectivity index (χ0v) is 24.7. The molecular weight excluding hydrogens is 818 g/mol. The quantitative estimate of drug-likeness (QED) is 0.0551. The maximum Gasteiger partial charge on any atom is 0.864 e. The van der Waals surface area contributed by atoms with E-state index >= 15 is 17.6 Å². The van der Waals surface area contributed by atoms with E-state index in [1.54, 1.807) is 0 Å². The van der Waals surface area contributed by atoms with Crippen molar-refractivity contribution in [3.05, 3.63) is 122 Å². The van der Waals surface area contributed by atoms with Crippen LogP contribution in [0.2, 0.25) is 0 Å². The Bertz CT molecular complexity index is 2690. The first kappa shape index (κ1) is 38.8. The van der Waals surface area contributed by atoms with Crippen LogP contribution >= 0.6 is 0 Å². The normalized spacial score (nSPS) is 11.7. The van der Waals surface area contributed by atoms with Gasteiger partial charge in [0.05, 0.1) is 32.3 Å². The van der Waals surface area contributed by atoms with Gasteiger partial charge in [0.1, 0.15) is 11.6 Å². The summed E-state index contributed by atoms with van der Waals surface area (Å²) >= 11 is 0. The molecular formula is C30BF21O3. The molecule has 25 heteroatoms. The summed E-state index contributed by atoms with van der Waals surface area (Å²) in [7, 11) is -4.17. The van der Waals surface area contributed by atoms with Gasteiger partial charge in [-0.05, 0) is 0 Å². The molecule has 3 nitrogen and oxygen atoms in total. The number of hydrogen-bond acceptors (Lipinski definition) is 3. The van der Waals surface area contributed by atoms with Gasteiger partial charge in [-0.15, -0.1) is 0 Å². The molecule has 288 valence electrons. The zero-order chi connectivity index (χ0) is 41.0. The van der Waals surface area contributed by atoms with Crippen molar-refractivity contribution < 1.29 is 106 Å². The van der Waals surface area contributed by atoms with Crippen LogP contribution in [0.25, 0.3) is 32.3 Å². The molecule has 0 saturated carbocycles. The van der Waals surface area contributed by atoms with Crippen molar-refractivity contribution in [1.29, 1.82) is 0 Å². The zero-order valence-electron chi connectivity index (χ0n) is 24.7. The van der Waals surface area contributed by atoms with Gasteiger partial charge in [0.15, 0.2) is 87.1 Å². The smallest absolute Gasteiger partial charge is 0.486 e. The second kappa shape index (κ2) is 13.1. The number of fused-ring (bicyclic) bond motifs is 3. The summed E-state index contributed by atoms with van der Waals surface area (Å²) in [5, 5.41) is -14.6. The summed E-state index contributed by atoms with van der Waals surface area (Å²) in [6.45, 7) is 0. The topological polar surface area (TPSA) is 27.7 Å². The van der Waals surface area contributed by atoms with Crippen molar-refractivity contribution in [3.8, 4) is 17.2 Å². The van der Waals surface area contributed by atoms with Gasteiger partial charge in [-0.25, -0.2) is 74.6 Å². The Balaban J connectivity index is 1.72. The highest BCUT2D eigenvalue weighted by molar-refractivity contribution is 6.40. The maximum absolute atomic E-state index is 15.8. The molecule has 55 heavy (non-hydrogen) atoms. The molecule has 0 N–H and O–H groups in total. The molecule has 0 radical (unpaired) electrons. The van der Waals surface area contributed by atoms with E-state index in [2.05, 4.69) is 14.0 Å². The summed E-state index contributed by atoms with van der Waals surface area (Å²) in [5.74, 6) is -70.5. The summed E-state index contributed by atoms with van der Waals surface area (Å²) in [5.41, 5.74) is 0. The molecule has 0 unspecified atom stereocenters. The van der Waals surface area contributed by atoms with Crippen LogP contribution in [-0.2, 0) is 0 Å². The van der Waals surface area contributed by atoms with E-state index in [0.29, 0.717) is 0 Å². The van der Waals surface area contributed by atoms with Gasteiger partial charge in [-0.2, -0.15) is 17.6 Å². The van der Waals surface area contributed by atoms with Crippen molar-refractivity contribution in [1.82, 2.24) is 0 Å². The fraction of sp³-hybridized carbons (Fsp3) is 0. The lowest BCUT2D eigenvalue weighted by Gasteiger charge is -2.21. The second-order valence-corrected chi connectivity index (χ2v) is 10.5. The van der Waals surface area contributed by atoms with Gasteiger partial charge in [0, 0.05) is 0 Å². The third-order valence-corrected chi connectivity index (χ3v) is 7.54. The average molecular weight is 818 g/mol. The predicted molar refractivity (Wildman–Crippen MR) is 139 cm³/mol. The van der Waals surface area contributed by atoms with E-state index in [-0.39, 0.29) is 0 Å². The van der Waals surface area contributed by atoms with E-state index in [9.17, 15) is 74.6 Å². The standard InChI is InChI=1S/C30BF21O3/c32-7-1-2(10(35)16(41)15(40)9(1)34)8(33)5-3(7)11(36)19(44)24(49)28(5)53-31(55-30-26(51)22(47)21(46)23(48)27(30)52)54-29-6-4(13(38)20(45)25(29)50)12(37)17(42)18(43)14(6)39. The van der Waals surface area contributed by atoms with Crippen molar-refractivity contribution in [2.75, 3.05) is 0 Å². The van der Waals surface area contributed by atoms with Gasteiger partial charge >= 0.3 is 7.32 Å². The molecule has 0 spiro atoms. The van der Waals surface area contributed by atoms with Crippen molar-refractivity contribution >= 4 is 39.6 Å². The van der Waals surface area contributed by atoms with Gasteiger partial charge in [-0.3, -0.25) is 0 Å². The molecule has 0 amide bonds. The Morgan fingerprint density at radius 2 is 0.364 bits per heavy atom. The number of halogens is 21. The monoisotopic (exact) mass is 818 g/mol. The van der Waals surface area contributed by atoms with Crippen LogP contribution in [0.15, 0.2) is 0 Å². The van der Waals surface area contributed by atoms with Gasteiger partial charge < -0.3 is 14.0 Å². The highest BCUT2D eigenvalue weighted by atomic mass is 19.2. The largest absolute Gasteiger partial charge is 0.864 e. The third-order valence-electron chi connectivity index (χ3n) is 7.54. The van der Waals surface area contributed by atoms with Gasteiger partial charge in [0.25, 0.3) is 0 Å². The van der Waals surface area contributed by atoms with Crippen LogP contribution in [0.1, 0.15) is 0 Å². The minimum Gasteiger partial charge on any atom is -0.486 e. The van der Waals surface area contributed by atoms with Crippen LogP contribution in [0, 0.1) is 122 Å². The highest BCUT2D eigenvalue weighted by Crippen LogP contribution is 2.45. The van der Waals surface area contributed by atoms with E-state index in [1.807, 2.05) is 0 Å². The summed E-state index contributed by atoms with van der Waals surface area (Å²) < 4.78 is 319. The first-order valence-corrected chi connectivity index (χ1v) is 13.5. The molecule has 0 aromatic heterocycles. The Hall–Kier alpha value is -5.91. The van der Waals surface area contributed by atoms with E-state index in [0.717, 1.165) is 0 Å². The van der Waals surface area contributed by atoms with Crippen molar-refractivity contribution in [2.24, 2.45) is 0 Å². The van der Waals surface area contributed by atoms with Gasteiger partial charge in [0.2, 0.25) is 40.7 Å². The molecule has 0 aliphatic rings. The highest BCUT2D eigenvalue weighted by Gasteiger charge is 2.43. The molecule has 0 saturated heterocycles. The SMILES string of the molecule is Fc1c(F)c(F)c(OB(Oc2c(F)c(F)c(F)c3c(F)c(F)c(F)c(F)c23)Oc2c(F)c(F)c(F)c3c(F)c4c(F)c(F)c(F)c(F)c4c(F)c23)c(F)c1F. The van der Waals surface area contributed by atoms with Crippen molar-refractivity contribution in [3.63, 3.8) is 0 Å². The van der Waals surface area contributed by atoms with Crippen LogP contribution in [0.3, 0.4) is 0 Å². The lowest BCUT2D eigenvalue weighted by atomic mass is 9.98. The minimum atomic E-state index is -4.17. The Morgan fingerprint density at radius 1 is 0.182 bits per heavy atom. The Labute approximate surface area is 285 Å². The van der Waals surface area contributed by atoms with Crippen LogP contribution < -0.4 is 14.0 Å². The molecule has 6 aromatic rings. The Morgan fingerprint density at radius 3 is 0.727 bits per heavy atom. The lowest BCUT2D eigenvalue weighted by molar-refractivity contribution is 0.267. The lowest BCUT2D eigenvalue weighted by Crippen LogP contribution is -2.39.